The Labute approximate surface area is 189 Å². The quantitative estimate of drug-likeness (QED) is 0.563. The van der Waals surface area contributed by atoms with E-state index in [1.54, 1.807) is 43.3 Å². The second-order valence-corrected chi connectivity index (χ2v) is 12.7. The smallest absolute Gasteiger partial charge is 0.207 e. The highest BCUT2D eigenvalue weighted by atomic mass is 79.9. The normalized spacial score (nSPS) is 19.4. The third-order valence-electron chi connectivity index (χ3n) is 5.03. The van der Waals surface area contributed by atoms with Gasteiger partial charge in [-0.3, -0.25) is 0 Å². The second kappa shape index (κ2) is 8.39. The Bertz CT molecular complexity index is 1150. The lowest BCUT2D eigenvalue weighted by molar-refractivity contribution is 0.212. The minimum atomic E-state index is -3.71. The highest BCUT2D eigenvalue weighted by molar-refractivity contribution is 9.10. The molecule has 2 aromatic carbocycles. The lowest BCUT2D eigenvalue weighted by Gasteiger charge is -2.38. The minimum Gasteiger partial charge on any atom is -0.207 e. The number of halogens is 2. The van der Waals surface area contributed by atoms with E-state index < -0.39 is 26.1 Å². The fourth-order valence-corrected chi connectivity index (χ4v) is 7.11. The highest BCUT2D eigenvalue weighted by Crippen LogP contribution is 2.28. The summed E-state index contributed by atoms with van der Waals surface area (Å²) in [7, 11) is -7.41. The number of sulfonamides is 2. The lowest BCUT2D eigenvalue weighted by atomic mass is 10.2. The average Bonchev–Trinajstić information content (AvgIpc) is 2.65. The SMILES string of the molecule is Cc1cc(S(=O)(=O)N2CCN(S(=O)(=O)c3ccc(Br)c(C)c3)[C@H](C)C2)ccc1Br. The Morgan fingerprint density at radius 3 is 1.76 bits per heavy atom. The molecule has 0 amide bonds. The Morgan fingerprint density at radius 2 is 1.31 bits per heavy atom. The van der Waals surface area contributed by atoms with Crippen molar-refractivity contribution >= 4 is 51.9 Å². The monoisotopic (exact) mass is 564 g/mol. The Morgan fingerprint density at radius 1 is 0.828 bits per heavy atom. The van der Waals surface area contributed by atoms with E-state index in [0.717, 1.165) is 20.1 Å². The number of piperazine rings is 1. The molecular weight excluding hydrogens is 544 g/mol. The fourth-order valence-electron chi connectivity index (χ4n) is 3.32. The van der Waals surface area contributed by atoms with Crippen LogP contribution >= 0.6 is 31.9 Å². The van der Waals surface area contributed by atoms with E-state index in [0.29, 0.717) is 0 Å². The van der Waals surface area contributed by atoms with Crippen molar-refractivity contribution < 1.29 is 16.8 Å². The molecule has 0 spiro atoms. The first-order valence-corrected chi connectivity index (χ1v) is 13.5. The van der Waals surface area contributed by atoms with Crippen molar-refractivity contribution in [2.24, 2.45) is 0 Å². The van der Waals surface area contributed by atoms with Gasteiger partial charge in [0, 0.05) is 34.6 Å². The van der Waals surface area contributed by atoms with Crippen LogP contribution in [-0.2, 0) is 20.0 Å². The van der Waals surface area contributed by atoms with Crippen LogP contribution in [0.3, 0.4) is 0 Å². The van der Waals surface area contributed by atoms with Gasteiger partial charge in [0.2, 0.25) is 20.0 Å². The molecule has 1 aliphatic heterocycles. The van der Waals surface area contributed by atoms with Crippen molar-refractivity contribution in [1.29, 1.82) is 0 Å². The van der Waals surface area contributed by atoms with E-state index in [2.05, 4.69) is 31.9 Å². The molecule has 0 bridgehead atoms. The molecule has 2 aromatic rings. The van der Waals surface area contributed by atoms with Gasteiger partial charge < -0.3 is 0 Å². The largest absolute Gasteiger partial charge is 0.243 e. The minimum absolute atomic E-state index is 0.103. The maximum Gasteiger partial charge on any atom is 0.243 e. The van der Waals surface area contributed by atoms with E-state index >= 15 is 0 Å². The third-order valence-corrected chi connectivity index (χ3v) is 10.7. The zero-order valence-electron chi connectivity index (χ0n) is 16.3. The number of rotatable bonds is 4. The summed E-state index contributed by atoms with van der Waals surface area (Å²) < 4.78 is 56.7. The first-order valence-electron chi connectivity index (χ1n) is 8.99. The topological polar surface area (TPSA) is 74.8 Å². The zero-order valence-corrected chi connectivity index (χ0v) is 21.1. The van der Waals surface area contributed by atoms with Gasteiger partial charge in [0.1, 0.15) is 0 Å². The molecule has 158 valence electrons. The molecule has 0 aromatic heterocycles. The predicted octanol–water partition coefficient (Wildman–Crippen LogP) is 3.91. The van der Waals surface area contributed by atoms with Gasteiger partial charge in [0.15, 0.2) is 0 Å². The van der Waals surface area contributed by atoms with Crippen LogP contribution < -0.4 is 0 Å². The first-order chi connectivity index (χ1) is 13.4. The van der Waals surface area contributed by atoms with Gasteiger partial charge in [-0.25, -0.2) is 16.8 Å². The van der Waals surface area contributed by atoms with Crippen LogP contribution in [0.25, 0.3) is 0 Å². The summed E-state index contributed by atoms with van der Waals surface area (Å²) in [4.78, 5) is 0.426. The second-order valence-electron chi connectivity index (χ2n) is 7.15. The molecule has 0 radical (unpaired) electrons. The average molecular weight is 566 g/mol. The molecular formula is C19H22Br2N2O4S2. The van der Waals surface area contributed by atoms with Gasteiger partial charge in [0.25, 0.3) is 0 Å². The Kier molecular flexibility index (Phi) is 6.63. The van der Waals surface area contributed by atoms with E-state index in [1.807, 2.05) is 13.8 Å². The fraction of sp³-hybridized carbons (Fsp3) is 0.368. The van der Waals surface area contributed by atoms with Crippen molar-refractivity contribution in [2.45, 2.75) is 36.6 Å². The molecule has 1 heterocycles. The van der Waals surface area contributed by atoms with Crippen LogP contribution in [0.4, 0.5) is 0 Å². The van der Waals surface area contributed by atoms with Crippen LogP contribution in [0.1, 0.15) is 18.1 Å². The molecule has 0 N–H and O–H groups in total. The van der Waals surface area contributed by atoms with E-state index in [-0.39, 0.29) is 29.4 Å². The lowest BCUT2D eigenvalue weighted by Crippen LogP contribution is -2.55. The van der Waals surface area contributed by atoms with Crippen LogP contribution in [0, 0.1) is 13.8 Å². The van der Waals surface area contributed by atoms with E-state index in [9.17, 15) is 16.8 Å². The number of hydrogen-bond acceptors (Lipinski definition) is 4. The summed E-state index contributed by atoms with van der Waals surface area (Å²) in [6.45, 7) is 5.71. The summed E-state index contributed by atoms with van der Waals surface area (Å²) in [6.07, 6.45) is 0. The van der Waals surface area contributed by atoms with Gasteiger partial charge in [-0.05, 0) is 68.3 Å². The zero-order chi connectivity index (χ0) is 21.6. The molecule has 0 aliphatic carbocycles. The van der Waals surface area contributed by atoms with Crippen LogP contribution in [0.15, 0.2) is 55.1 Å². The molecule has 6 nitrogen and oxygen atoms in total. The van der Waals surface area contributed by atoms with E-state index in [1.165, 1.54) is 8.61 Å². The summed E-state index contributed by atoms with van der Waals surface area (Å²) in [6, 6.07) is 9.31. The molecule has 1 atom stereocenters. The molecule has 3 rings (SSSR count). The predicted molar refractivity (Wildman–Crippen MR) is 120 cm³/mol. The standard InChI is InChI=1S/C19H22Br2N2O4S2/c1-13-10-16(4-6-18(13)20)28(24,25)22-8-9-23(15(3)12-22)29(26,27)17-5-7-19(21)14(2)11-17/h4-7,10-11,15H,8-9,12H2,1-3H3/t15-/m1/s1. The van der Waals surface area contributed by atoms with Gasteiger partial charge in [-0.2, -0.15) is 8.61 Å². The molecule has 0 unspecified atom stereocenters. The highest BCUT2D eigenvalue weighted by Gasteiger charge is 2.38. The summed E-state index contributed by atoms with van der Waals surface area (Å²) in [5.74, 6) is 0. The number of hydrogen-bond donors (Lipinski definition) is 0. The van der Waals surface area contributed by atoms with Gasteiger partial charge in [0.05, 0.1) is 9.79 Å². The van der Waals surface area contributed by atoms with Crippen molar-refractivity contribution in [1.82, 2.24) is 8.61 Å². The summed E-state index contributed by atoms with van der Waals surface area (Å²) in [5, 5.41) is 0. The molecule has 0 saturated carbocycles. The van der Waals surface area contributed by atoms with Crippen molar-refractivity contribution in [2.75, 3.05) is 19.6 Å². The molecule has 29 heavy (non-hydrogen) atoms. The molecule has 1 saturated heterocycles. The summed E-state index contributed by atoms with van der Waals surface area (Å²) in [5.41, 5.74) is 1.65. The molecule has 1 fully saturated rings. The first kappa shape index (κ1) is 22.9. The van der Waals surface area contributed by atoms with Gasteiger partial charge >= 0.3 is 0 Å². The van der Waals surface area contributed by atoms with Crippen LogP contribution in [0.2, 0.25) is 0 Å². The Hall–Kier alpha value is -0.780. The molecule has 10 heteroatoms. The van der Waals surface area contributed by atoms with Crippen LogP contribution in [-0.4, -0.2) is 51.1 Å². The number of aryl methyl sites for hydroxylation is 2. The maximum absolute atomic E-state index is 13.1. The van der Waals surface area contributed by atoms with Crippen LogP contribution in [0.5, 0.6) is 0 Å². The maximum atomic E-state index is 13.1. The number of nitrogens with zero attached hydrogens (tertiary/aromatic N) is 2. The Balaban J connectivity index is 1.84. The van der Waals surface area contributed by atoms with Gasteiger partial charge in [-0.1, -0.05) is 31.9 Å². The number of benzene rings is 2. The molecule has 1 aliphatic rings. The van der Waals surface area contributed by atoms with Gasteiger partial charge in [-0.15, -0.1) is 0 Å². The van der Waals surface area contributed by atoms with Crippen molar-refractivity contribution in [3.8, 4) is 0 Å². The third kappa shape index (κ3) is 4.47. The van der Waals surface area contributed by atoms with Crippen molar-refractivity contribution in [3.05, 3.63) is 56.5 Å². The van der Waals surface area contributed by atoms with Crippen molar-refractivity contribution in [3.63, 3.8) is 0 Å². The van der Waals surface area contributed by atoms with E-state index in [4.69, 9.17) is 0 Å². The summed E-state index contributed by atoms with van der Waals surface area (Å²) >= 11 is 6.76.